The monoisotopic (exact) mass is 237 g/mol. The zero-order valence-corrected chi connectivity index (χ0v) is 9.62. The van der Waals surface area contributed by atoms with E-state index in [2.05, 4.69) is 0 Å². The van der Waals surface area contributed by atoms with Crippen LogP contribution in [0.5, 0.6) is 0 Å². The minimum Gasteiger partial charge on any atom is -0.370 e. The fourth-order valence-corrected chi connectivity index (χ4v) is 1.54. The molecule has 3 nitrogen and oxygen atoms in total. The molecular weight excluding hydrogens is 221 g/mol. The van der Waals surface area contributed by atoms with Crippen LogP contribution in [-0.4, -0.2) is 11.7 Å². The van der Waals surface area contributed by atoms with Crippen molar-refractivity contribution in [2.75, 3.05) is 0 Å². The zero-order valence-electron chi connectivity index (χ0n) is 9.62. The first-order chi connectivity index (χ1) is 8.08. The molecule has 0 aliphatic heterocycles. The highest BCUT2D eigenvalue weighted by atomic mass is 19.1. The Bertz CT molecular complexity index is 387. The second kappa shape index (κ2) is 6.78. The number of amides is 1. The second-order valence-corrected chi connectivity index (χ2v) is 4.02. The Kier molecular flexibility index (Phi) is 5.33. The topological polar surface area (TPSA) is 60.2 Å². The van der Waals surface area contributed by atoms with Crippen LogP contribution in [0.2, 0.25) is 0 Å². The van der Waals surface area contributed by atoms with Crippen molar-refractivity contribution in [1.29, 1.82) is 0 Å². The number of hydrogen-bond acceptors (Lipinski definition) is 2. The minimum atomic E-state index is -0.337. The van der Waals surface area contributed by atoms with Gasteiger partial charge < -0.3 is 5.73 Å². The predicted molar refractivity (Wildman–Crippen MR) is 62.8 cm³/mol. The molecule has 1 amide bonds. The molecule has 0 spiro atoms. The smallest absolute Gasteiger partial charge is 0.217 e. The molecule has 1 rings (SSSR count). The number of carbonyl (C=O) groups excluding carboxylic acids is 2. The molecule has 0 atom stereocenters. The Morgan fingerprint density at radius 3 is 2.24 bits per heavy atom. The molecule has 0 saturated carbocycles. The van der Waals surface area contributed by atoms with Crippen LogP contribution in [0, 0.1) is 5.82 Å². The SMILES string of the molecule is NC(=O)CCCCC(=O)Cc1ccc(F)cc1. The summed E-state index contributed by atoms with van der Waals surface area (Å²) in [6.07, 6.45) is 2.39. The van der Waals surface area contributed by atoms with Crippen molar-refractivity contribution < 1.29 is 14.0 Å². The van der Waals surface area contributed by atoms with Crippen LogP contribution < -0.4 is 5.73 Å². The Morgan fingerprint density at radius 1 is 1.06 bits per heavy atom. The molecule has 0 bridgehead atoms. The van der Waals surface area contributed by atoms with E-state index in [9.17, 15) is 14.0 Å². The summed E-state index contributed by atoms with van der Waals surface area (Å²) in [5, 5.41) is 0. The number of hydrogen-bond donors (Lipinski definition) is 1. The highest BCUT2D eigenvalue weighted by molar-refractivity contribution is 5.80. The number of rotatable bonds is 7. The number of halogens is 1. The standard InChI is InChI=1S/C13H16FNO2/c14-11-7-5-10(6-8-11)9-12(16)3-1-2-4-13(15)17/h5-8H,1-4,9H2,(H2,15,17). The lowest BCUT2D eigenvalue weighted by Crippen LogP contribution is -2.10. The fourth-order valence-electron chi connectivity index (χ4n) is 1.54. The summed E-state index contributed by atoms with van der Waals surface area (Å²) in [7, 11) is 0. The van der Waals surface area contributed by atoms with Crippen LogP contribution in [0.3, 0.4) is 0 Å². The van der Waals surface area contributed by atoms with Crippen LogP contribution in [0.25, 0.3) is 0 Å². The van der Waals surface area contributed by atoms with E-state index in [1.165, 1.54) is 12.1 Å². The predicted octanol–water partition coefficient (Wildman–Crippen LogP) is 1.98. The molecule has 0 aromatic heterocycles. The van der Waals surface area contributed by atoms with Gasteiger partial charge in [0.25, 0.3) is 0 Å². The third-order valence-electron chi connectivity index (χ3n) is 2.44. The van der Waals surface area contributed by atoms with Crippen LogP contribution >= 0.6 is 0 Å². The lowest BCUT2D eigenvalue weighted by Gasteiger charge is -2.01. The van der Waals surface area contributed by atoms with Crippen molar-refractivity contribution in [3.05, 3.63) is 35.6 Å². The molecule has 2 N–H and O–H groups in total. The molecule has 0 radical (unpaired) electrons. The molecule has 0 aliphatic carbocycles. The van der Waals surface area contributed by atoms with E-state index in [-0.39, 0.29) is 17.5 Å². The maximum absolute atomic E-state index is 12.6. The Morgan fingerprint density at radius 2 is 1.65 bits per heavy atom. The molecule has 1 aromatic carbocycles. The van der Waals surface area contributed by atoms with Gasteiger partial charge in [-0.2, -0.15) is 0 Å². The summed E-state index contributed by atoms with van der Waals surface area (Å²) in [5.74, 6) is -0.542. The summed E-state index contributed by atoms with van der Waals surface area (Å²) in [5.41, 5.74) is 5.80. The van der Waals surface area contributed by atoms with E-state index in [4.69, 9.17) is 5.73 Å². The van der Waals surface area contributed by atoms with E-state index in [1.54, 1.807) is 12.1 Å². The fraction of sp³-hybridized carbons (Fsp3) is 0.385. The number of ketones is 1. The third-order valence-corrected chi connectivity index (χ3v) is 2.44. The molecule has 1 aromatic rings. The van der Waals surface area contributed by atoms with Crippen LogP contribution in [-0.2, 0) is 16.0 Å². The van der Waals surface area contributed by atoms with Gasteiger partial charge in [0.05, 0.1) is 0 Å². The van der Waals surface area contributed by atoms with Crippen molar-refractivity contribution in [3.63, 3.8) is 0 Å². The first kappa shape index (κ1) is 13.4. The van der Waals surface area contributed by atoms with Gasteiger partial charge in [-0.3, -0.25) is 9.59 Å². The van der Waals surface area contributed by atoms with E-state index < -0.39 is 0 Å². The van der Waals surface area contributed by atoms with E-state index >= 15 is 0 Å². The number of benzene rings is 1. The maximum atomic E-state index is 12.6. The molecule has 0 fully saturated rings. The molecule has 0 aliphatic rings. The van der Waals surface area contributed by atoms with Crippen LogP contribution in [0.1, 0.15) is 31.2 Å². The molecular formula is C13H16FNO2. The maximum Gasteiger partial charge on any atom is 0.217 e. The van der Waals surface area contributed by atoms with E-state index in [0.29, 0.717) is 32.1 Å². The first-order valence-electron chi connectivity index (χ1n) is 5.62. The lowest BCUT2D eigenvalue weighted by molar-refractivity contribution is -0.120. The molecule has 92 valence electrons. The number of Topliss-reactive ketones (excluding diaryl/α,β-unsaturated/α-hetero) is 1. The summed E-state index contributed by atoms with van der Waals surface area (Å²) >= 11 is 0. The van der Waals surface area contributed by atoms with E-state index in [0.717, 1.165) is 5.56 Å². The Labute approximate surface area is 99.8 Å². The van der Waals surface area contributed by atoms with Gasteiger partial charge in [-0.05, 0) is 30.5 Å². The van der Waals surface area contributed by atoms with Crippen molar-refractivity contribution >= 4 is 11.7 Å². The van der Waals surface area contributed by atoms with Gasteiger partial charge in [-0.15, -0.1) is 0 Å². The van der Waals surface area contributed by atoms with Gasteiger partial charge in [0.2, 0.25) is 5.91 Å². The molecule has 4 heteroatoms. The Balaban J connectivity index is 2.25. The van der Waals surface area contributed by atoms with Gasteiger partial charge in [0, 0.05) is 19.3 Å². The summed E-state index contributed by atoms with van der Waals surface area (Å²) in [6, 6.07) is 5.90. The van der Waals surface area contributed by atoms with Crippen molar-refractivity contribution in [2.24, 2.45) is 5.73 Å². The molecule has 0 heterocycles. The van der Waals surface area contributed by atoms with Gasteiger partial charge in [0.1, 0.15) is 11.6 Å². The van der Waals surface area contributed by atoms with Gasteiger partial charge in [-0.1, -0.05) is 12.1 Å². The molecule has 0 unspecified atom stereocenters. The minimum absolute atomic E-state index is 0.0982. The lowest BCUT2D eigenvalue weighted by atomic mass is 10.0. The van der Waals surface area contributed by atoms with Crippen LogP contribution in [0.15, 0.2) is 24.3 Å². The first-order valence-corrected chi connectivity index (χ1v) is 5.62. The van der Waals surface area contributed by atoms with Crippen molar-refractivity contribution in [3.8, 4) is 0 Å². The summed E-state index contributed by atoms with van der Waals surface area (Å²) in [6.45, 7) is 0. The average Bonchev–Trinajstić information content (AvgIpc) is 2.27. The number of primary amides is 1. The number of unbranched alkanes of at least 4 members (excludes halogenated alkanes) is 1. The normalized spacial score (nSPS) is 10.2. The quantitative estimate of drug-likeness (QED) is 0.737. The van der Waals surface area contributed by atoms with Gasteiger partial charge >= 0.3 is 0 Å². The van der Waals surface area contributed by atoms with Crippen molar-refractivity contribution in [2.45, 2.75) is 32.1 Å². The molecule has 17 heavy (non-hydrogen) atoms. The van der Waals surface area contributed by atoms with Crippen molar-refractivity contribution in [1.82, 2.24) is 0 Å². The highest BCUT2D eigenvalue weighted by Gasteiger charge is 2.04. The van der Waals surface area contributed by atoms with Crippen LogP contribution in [0.4, 0.5) is 4.39 Å². The van der Waals surface area contributed by atoms with Gasteiger partial charge in [-0.25, -0.2) is 4.39 Å². The Hall–Kier alpha value is -1.71. The highest BCUT2D eigenvalue weighted by Crippen LogP contribution is 2.07. The largest absolute Gasteiger partial charge is 0.370 e. The number of carbonyl (C=O) groups is 2. The summed E-state index contributed by atoms with van der Waals surface area (Å²) < 4.78 is 12.6. The third kappa shape index (κ3) is 5.80. The number of nitrogens with two attached hydrogens (primary N) is 1. The summed E-state index contributed by atoms with van der Waals surface area (Å²) in [4.78, 5) is 22.0. The van der Waals surface area contributed by atoms with Gasteiger partial charge in [0.15, 0.2) is 0 Å². The second-order valence-electron chi connectivity index (χ2n) is 4.02. The zero-order chi connectivity index (χ0) is 12.7. The van der Waals surface area contributed by atoms with E-state index in [1.807, 2.05) is 0 Å². The molecule has 0 saturated heterocycles. The average molecular weight is 237 g/mol.